The van der Waals surface area contributed by atoms with Crippen molar-refractivity contribution in [1.29, 1.82) is 0 Å². The highest BCUT2D eigenvalue weighted by Gasteiger charge is 2.24. The number of nitrogens with two attached hydrogens (primary N) is 1. The molecule has 0 amide bonds. The minimum Gasteiger partial charge on any atom is -0.377 e. The third-order valence-electron chi connectivity index (χ3n) is 3.47. The molecule has 0 radical (unpaired) electrons. The fraction of sp³-hybridized carbons (Fsp3) is 0.571. The summed E-state index contributed by atoms with van der Waals surface area (Å²) in [7, 11) is 0. The van der Waals surface area contributed by atoms with E-state index in [2.05, 4.69) is 27.8 Å². The van der Waals surface area contributed by atoms with Gasteiger partial charge in [-0.05, 0) is 31.0 Å². The van der Waals surface area contributed by atoms with Crippen LogP contribution in [0.2, 0.25) is 0 Å². The van der Waals surface area contributed by atoms with Gasteiger partial charge in [0.2, 0.25) is 0 Å². The SMILES string of the molecule is CC1CN(C(CN)c2ccc(F)cc2Br)CCCO1. The Kier molecular flexibility index (Phi) is 5.33. The van der Waals surface area contributed by atoms with Crippen molar-refractivity contribution in [2.24, 2.45) is 5.73 Å². The molecule has 5 heteroatoms. The van der Waals surface area contributed by atoms with Crippen molar-refractivity contribution in [3.8, 4) is 0 Å². The van der Waals surface area contributed by atoms with Gasteiger partial charge in [0, 0.05) is 36.8 Å². The summed E-state index contributed by atoms with van der Waals surface area (Å²) in [5.74, 6) is -0.237. The van der Waals surface area contributed by atoms with Crippen molar-refractivity contribution < 1.29 is 9.13 Å². The second-order valence-corrected chi connectivity index (χ2v) is 5.80. The molecule has 1 aliphatic rings. The molecule has 1 fully saturated rings. The van der Waals surface area contributed by atoms with Crippen molar-refractivity contribution in [3.63, 3.8) is 0 Å². The Hall–Kier alpha value is -0.490. The minimum atomic E-state index is -0.237. The maximum atomic E-state index is 13.2. The summed E-state index contributed by atoms with van der Waals surface area (Å²) >= 11 is 3.44. The largest absolute Gasteiger partial charge is 0.377 e. The number of hydrogen-bond acceptors (Lipinski definition) is 3. The molecule has 0 spiro atoms. The average molecular weight is 331 g/mol. The summed E-state index contributed by atoms with van der Waals surface area (Å²) in [6.45, 7) is 5.18. The number of halogens is 2. The van der Waals surface area contributed by atoms with E-state index >= 15 is 0 Å². The van der Waals surface area contributed by atoms with Crippen LogP contribution < -0.4 is 5.73 Å². The normalized spacial score (nSPS) is 23.1. The lowest BCUT2D eigenvalue weighted by Crippen LogP contribution is -2.37. The second kappa shape index (κ2) is 6.79. The van der Waals surface area contributed by atoms with Crippen LogP contribution >= 0.6 is 15.9 Å². The van der Waals surface area contributed by atoms with E-state index < -0.39 is 0 Å². The molecule has 2 unspecified atom stereocenters. The lowest BCUT2D eigenvalue weighted by molar-refractivity contribution is 0.0611. The van der Waals surface area contributed by atoms with Gasteiger partial charge in [-0.1, -0.05) is 22.0 Å². The molecule has 0 aromatic heterocycles. The van der Waals surface area contributed by atoms with Crippen LogP contribution in [0.5, 0.6) is 0 Å². The molecular formula is C14H20BrFN2O. The van der Waals surface area contributed by atoms with Crippen LogP contribution in [0.25, 0.3) is 0 Å². The summed E-state index contributed by atoms with van der Waals surface area (Å²) in [6, 6.07) is 4.89. The molecule has 2 rings (SSSR count). The maximum absolute atomic E-state index is 13.2. The standard InChI is InChI=1S/C14H20BrFN2O/c1-10-9-18(5-2-6-19-10)14(8-17)12-4-3-11(16)7-13(12)15/h3-4,7,10,14H,2,5-6,8-9,17H2,1H3. The molecule has 0 aliphatic carbocycles. The van der Waals surface area contributed by atoms with Gasteiger partial charge in [-0.15, -0.1) is 0 Å². The monoisotopic (exact) mass is 330 g/mol. The Labute approximate surface area is 122 Å². The summed E-state index contributed by atoms with van der Waals surface area (Å²) in [4.78, 5) is 2.33. The van der Waals surface area contributed by atoms with Gasteiger partial charge in [-0.2, -0.15) is 0 Å². The molecule has 1 heterocycles. The van der Waals surface area contributed by atoms with Crippen LogP contribution in [0.4, 0.5) is 4.39 Å². The summed E-state index contributed by atoms with van der Waals surface area (Å²) in [5.41, 5.74) is 6.98. The predicted octanol–water partition coefficient (Wildman–Crippen LogP) is 2.70. The Morgan fingerprint density at radius 1 is 1.58 bits per heavy atom. The number of nitrogens with zero attached hydrogens (tertiary/aromatic N) is 1. The third-order valence-corrected chi connectivity index (χ3v) is 4.16. The molecule has 0 bridgehead atoms. The highest BCUT2D eigenvalue weighted by Crippen LogP contribution is 2.29. The first-order valence-corrected chi connectivity index (χ1v) is 7.41. The Morgan fingerprint density at radius 3 is 3.05 bits per heavy atom. The van der Waals surface area contributed by atoms with Crippen molar-refractivity contribution >= 4 is 15.9 Å². The van der Waals surface area contributed by atoms with Crippen molar-refractivity contribution in [2.45, 2.75) is 25.5 Å². The lowest BCUT2D eigenvalue weighted by Gasteiger charge is -2.31. The molecule has 1 aliphatic heterocycles. The van der Waals surface area contributed by atoms with E-state index in [4.69, 9.17) is 10.5 Å². The first-order chi connectivity index (χ1) is 9.11. The Balaban J connectivity index is 2.22. The fourth-order valence-electron chi connectivity index (χ4n) is 2.55. The molecule has 2 N–H and O–H groups in total. The molecule has 106 valence electrons. The first-order valence-electron chi connectivity index (χ1n) is 6.62. The summed E-state index contributed by atoms with van der Waals surface area (Å²) < 4.78 is 19.6. The van der Waals surface area contributed by atoms with Gasteiger partial charge in [-0.3, -0.25) is 4.90 Å². The van der Waals surface area contributed by atoms with E-state index in [1.807, 2.05) is 6.07 Å². The summed E-state index contributed by atoms with van der Waals surface area (Å²) in [6.07, 6.45) is 1.20. The van der Waals surface area contributed by atoms with Crippen LogP contribution in [0, 0.1) is 5.82 Å². The van der Waals surface area contributed by atoms with Gasteiger partial charge in [0.1, 0.15) is 5.82 Å². The number of rotatable bonds is 3. The predicted molar refractivity (Wildman–Crippen MR) is 77.5 cm³/mol. The molecule has 0 saturated carbocycles. The van der Waals surface area contributed by atoms with E-state index in [-0.39, 0.29) is 18.0 Å². The van der Waals surface area contributed by atoms with Gasteiger partial charge in [0.05, 0.1) is 6.10 Å². The van der Waals surface area contributed by atoms with Crippen LogP contribution in [-0.2, 0) is 4.74 Å². The number of benzene rings is 1. The fourth-order valence-corrected chi connectivity index (χ4v) is 3.17. The van der Waals surface area contributed by atoms with Crippen molar-refractivity contribution in [1.82, 2.24) is 4.90 Å². The van der Waals surface area contributed by atoms with Gasteiger partial charge < -0.3 is 10.5 Å². The van der Waals surface area contributed by atoms with Crippen LogP contribution in [-0.4, -0.2) is 37.2 Å². The van der Waals surface area contributed by atoms with Gasteiger partial charge >= 0.3 is 0 Å². The van der Waals surface area contributed by atoms with Crippen molar-refractivity contribution in [2.75, 3.05) is 26.2 Å². The zero-order valence-electron chi connectivity index (χ0n) is 11.1. The van der Waals surface area contributed by atoms with Gasteiger partial charge in [-0.25, -0.2) is 4.39 Å². The maximum Gasteiger partial charge on any atom is 0.124 e. The van der Waals surface area contributed by atoms with Gasteiger partial charge in [0.15, 0.2) is 0 Å². The van der Waals surface area contributed by atoms with E-state index in [1.54, 1.807) is 0 Å². The molecule has 1 aromatic carbocycles. The molecule has 1 aromatic rings. The van der Waals surface area contributed by atoms with E-state index in [1.165, 1.54) is 12.1 Å². The highest BCUT2D eigenvalue weighted by atomic mass is 79.9. The van der Waals surface area contributed by atoms with E-state index in [0.29, 0.717) is 6.54 Å². The van der Waals surface area contributed by atoms with Gasteiger partial charge in [0.25, 0.3) is 0 Å². The molecule has 19 heavy (non-hydrogen) atoms. The lowest BCUT2D eigenvalue weighted by atomic mass is 10.0. The highest BCUT2D eigenvalue weighted by molar-refractivity contribution is 9.10. The van der Waals surface area contributed by atoms with Crippen LogP contribution in [0.1, 0.15) is 24.9 Å². The summed E-state index contributed by atoms with van der Waals surface area (Å²) in [5, 5.41) is 0. The third kappa shape index (κ3) is 3.75. The average Bonchev–Trinajstić information content (AvgIpc) is 2.58. The molecular weight excluding hydrogens is 311 g/mol. The first kappa shape index (κ1) is 14.9. The van der Waals surface area contributed by atoms with Crippen LogP contribution in [0.15, 0.2) is 22.7 Å². The second-order valence-electron chi connectivity index (χ2n) is 4.95. The Morgan fingerprint density at radius 2 is 2.37 bits per heavy atom. The zero-order valence-corrected chi connectivity index (χ0v) is 12.7. The quantitative estimate of drug-likeness (QED) is 0.926. The Bertz CT molecular complexity index is 430. The molecule has 1 saturated heterocycles. The van der Waals surface area contributed by atoms with E-state index in [0.717, 1.165) is 36.2 Å². The topological polar surface area (TPSA) is 38.5 Å². The van der Waals surface area contributed by atoms with E-state index in [9.17, 15) is 4.39 Å². The zero-order chi connectivity index (χ0) is 13.8. The number of hydrogen-bond donors (Lipinski definition) is 1. The van der Waals surface area contributed by atoms with Crippen molar-refractivity contribution in [3.05, 3.63) is 34.1 Å². The van der Waals surface area contributed by atoms with Crippen LogP contribution in [0.3, 0.4) is 0 Å². The molecule has 2 atom stereocenters. The smallest absolute Gasteiger partial charge is 0.124 e. The minimum absolute atomic E-state index is 0.0964. The molecule has 3 nitrogen and oxygen atoms in total. The number of ether oxygens (including phenoxy) is 1.